The summed E-state index contributed by atoms with van der Waals surface area (Å²) in [4.78, 5) is 0. The van der Waals surface area contributed by atoms with Crippen molar-refractivity contribution in [1.82, 2.24) is 10.4 Å². The van der Waals surface area contributed by atoms with Crippen molar-refractivity contribution in [1.29, 1.82) is 0 Å². The van der Waals surface area contributed by atoms with Crippen LogP contribution in [0.4, 0.5) is 0 Å². The number of hydrogen-bond donors (Lipinski definition) is 1. The first-order chi connectivity index (χ1) is 7.49. The minimum absolute atomic E-state index is 0.364. The number of hydrazine groups is 1. The van der Waals surface area contributed by atoms with Crippen molar-refractivity contribution in [2.45, 2.75) is 33.2 Å². The van der Waals surface area contributed by atoms with Crippen molar-refractivity contribution in [3.8, 4) is 0 Å². The smallest absolute Gasteiger partial charge is 0.0436 e. The second-order valence-electron chi connectivity index (χ2n) is 5.08. The molecule has 0 aromatic heterocycles. The molecule has 0 aliphatic rings. The van der Waals surface area contributed by atoms with Gasteiger partial charge in [-0.15, -0.1) is 0 Å². The third kappa shape index (κ3) is 4.33. The van der Waals surface area contributed by atoms with Crippen LogP contribution in [-0.2, 0) is 6.42 Å². The van der Waals surface area contributed by atoms with Gasteiger partial charge in [0.15, 0.2) is 0 Å². The van der Waals surface area contributed by atoms with Gasteiger partial charge in [-0.05, 0) is 30.4 Å². The molecule has 2 heteroatoms. The minimum atomic E-state index is 0.364. The van der Waals surface area contributed by atoms with Gasteiger partial charge in [0.05, 0.1) is 0 Å². The summed E-state index contributed by atoms with van der Waals surface area (Å²) in [6.45, 7) is 6.69. The van der Waals surface area contributed by atoms with E-state index in [4.69, 9.17) is 0 Å². The Morgan fingerprint density at radius 3 is 2.06 bits per heavy atom. The van der Waals surface area contributed by atoms with Gasteiger partial charge in [-0.3, -0.25) is 5.01 Å². The zero-order chi connectivity index (χ0) is 12.1. The average molecular weight is 220 g/mol. The van der Waals surface area contributed by atoms with Crippen LogP contribution in [0.5, 0.6) is 0 Å². The summed E-state index contributed by atoms with van der Waals surface area (Å²) in [6.07, 6.45) is 1.16. The molecule has 0 saturated heterocycles. The van der Waals surface area contributed by atoms with E-state index >= 15 is 0 Å². The normalized spacial score (nSPS) is 13.4. The Balaban J connectivity index is 2.63. The maximum absolute atomic E-state index is 3.35. The lowest BCUT2D eigenvalue weighted by Gasteiger charge is -2.19. The van der Waals surface area contributed by atoms with Crippen LogP contribution in [0.3, 0.4) is 0 Å². The first kappa shape index (κ1) is 13.2. The summed E-state index contributed by atoms with van der Waals surface area (Å²) in [5, 5.41) is 1.99. The Bertz CT molecular complexity index is 301. The maximum Gasteiger partial charge on any atom is 0.0436 e. The fourth-order valence-electron chi connectivity index (χ4n) is 1.88. The van der Waals surface area contributed by atoms with Crippen LogP contribution in [-0.4, -0.2) is 19.1 Å². The van der Waals surface area contributed by atoms with E-state index in [1.165, 1.54) is 11.1 Å². The first-order valence-corrected chi connectivity index (χ1v) is 6.01. The highest BCUT2D eigenvalue weighted by molar-refractivity contribution is 5.24. The number of nitrogens with zero attached hydrogens (tertiary/aromatic N) is 1. The molecule has 1 atom stereocenters. The first-order valence-electron chi connectivity index (χ1n) is 6.01. The third-order valence-electron chi connectivity index (χ3n) is 2.58. The zero-order valence-electron chi connectivity index (χ0n) is 11.1. The standard InChI is InChI=1S/C14H24N2/c1-11(2)10-13-6-8-14(9-7-13)12(3)15-16(4)5/h6-9,11-12,15H,10H2,1-5H3. The summed E-state index contributed by atoms with van der Waals surface area (Å²) in [7, 11) is 4.03. The van der Waals surface area contributed by atoms with E-state index in [0.717, 1.165) is 12.3 Å². The molecule has 1 rings (SSSR count). The highest BCUT2D eigenvalue weighted by Crippen LogP contribution is 2.15. The number of hydrogen-bond acceptors (Lipinski definition) is 2. The van der Waals surface area contributed by atoms with Gasteiger partial charge in [0, 0.05) is 20.1 Å². The number of benzene rings is 1. The molecule has 0 saturated carbocycles. The fraction of sp³-hybridized carbons (Fsp3) is 0.571. The molecule has 0 spiro atoms. The maximum atomic E-state index is 3.35. The van der Waals surface area contributed by atoms with Crippen molar-refractivity contribution in [3.05, 3.63) is 35.4 Å². The SMILES string of the molecule is CC(C)Cc1ccc(C(C)NN(C)C)cc1. The molecule has 90 valence electrons. The second-order valence-corrected chi connectivity index (χ2v) is 5.08. The van der Waals surface area contributed by atoms with Crippen LogP contribution >= 0.6 is 0 Å². The zero-order valence-corrected chi connectivity index (χ0v) is 11.1. The van der Waals surface area contributed by atoms with Crippen LogP contribution < -0.4 is 5.43 Å². The lowest BCUT2D eigenvalue weighted by molar-refractivity contribution is 0.252. The van der Waals surface area contributed by atoms with E-state index in [2.05, 4.69) is 50.5 Å². The average Bonchev–Trinajstić information content (AvgIpc) is 2.16. The Hall–Kier alpha value is -0.860. The topological polar surface area (TPSA) is 15.3 Å². The molecule has 1 aromatic rings. The molecular weight excluding hydrogens is 196 g/mol. The molecule has 0 aliphatic heterocycles. The van der Waals surface area contributed by atoms with E-state index in [1.54, 1.807) is 0 Å². The Morgan fingerprint density at radius 1 is 1.06 bits per heavy atom. The Kier molecular flexibility index (Phi) is 4.97. The lowest BCUT2D eigenvalue weighted by atomic mass is 10.00. The summed E-state index contributed by atoms with van der Waals surface area (Å²) in [5.74, 6) is 0.725. The molecule has 2 nitrogen and oxygen atoms in total. The molecule has 0 radical (unpaired) electrons. The predicted octanol–water partition coefficient (Wildman–Crippen LogP) is 3.01. The van der Waals surface area contributed by atoms with Crippen LogP contribution in [0, 0.1) is 5.92 Å². The summed E-state index contributed by atoms with van der Waals surface area (Å²) < 4.78 is 0. The van der Waals surface area contributed by atoms with Gasteiger partial charge in [-0.25, -0.2) is 5.43 Å². The van der Waals surface area contributed by atoms with E-state index in [-0.39, 0.29) is 0 Å². The molecule has 0 heterocycles. The van der Waals surface area contributed by atoms with Gasteiger partial charge in [0.1, 0.15) is 0 Å². The van der Waals surface area contributed by atoms with Gasteiger partial charge >= 0.3 is 0 Å². The van der Waals surface area contributed by atoms with E-state index in [1.807, 2.05) is 19.1 Å². The van der Waals surface area contributed by atoms with Crippen molar-refractivity contribution in [2.24, 2.45) is 5.92 Å². The Labute approximate surface area is 99.6 Å². The molecule has 16 heavy (non-hydrogen) atoms. The monoisotopic (exact) mass is 220 g/mol. The molecule has 1 N–H and O–H groups in total. The second kappa shape index (κ2) is 6.02. The summed E-state index contributed by atoms with van der Waals surface area (Å²) >= 11 is 0. The van der Waals surface area contributed by atoms with Crippen molar-refractivity contribution >= 4 is 0 Å². The molecule has 0 fully saturated rings. The van der Waals surface area contributed by atoms with Crippen molar-refractivity contribution in [3.63, 3.8) is 0 Å². The molecule has 0 amide bonds. The van der Waals surface area contributed by atoms with Gasteiger partial charge in [-0.1, -0.05) is 38.1 Å². The van der Waals surface area contributed by atoms with Crippen LogP contribution in [0.1, 0.15) is 37.9 Å². The largest absolute Gasteiger partial charge is 0.250 e. The molecule has 0 aliphatic carbocycles. The van der Waals surface area contributed by atoms with E-state index in [9.17, 15) is 0 Å². The predicted molar refractivity (Wildman–Crippen MR) is 70.2 cm³/mol. The molecule has 0 bridgehead atoms. The molecule has 1 aromatic carbocycles. The quantitative estimate of drug-likeness (QED) is 0.767. The van der Waals surface area contributed by atoms with Crippen LogP contribution in [0.25, 0.3) is 0 Å². The fourth-order valence-corrected chi connectivity index (χ4v) is 1.88. The van der Waals surface area contributed by atoms with Gasteiger partial charge in [-0.2, -0.15) is 0 Å². The number of rotatable bonds is 5. The van der Waals surface area contributed by atoms with E-state index < -0.39 is 0 Å². The summed E-state index contributed by atoms with van der Waals surface area (Å²) in [5.41, 5.74) is 6.11. The third-order valence-corrected chi connectivity index (χ3v) is 2.58. The summed E-state index contributed by atoms with van der Waals surface area (Å²) in [6, 6.07) is 9.28. The van der Waals surface area contributed by atoms with Gasteiger partial charge in [0.2, 0.25) is 0 Å². The minimum Gasteiger partial charge on any atom is -0.250 e. The van der Waals surface area contributed by atoms with E-state index in [0.29, 0.717) is 6.04 Å². The molecular formula is C14H24N2. The van der Waals surface area contributed by atoms with Gasteiger partial charge < -0.3 is 0 Å². The lowest BCUT2D eigenvalue weighted by Crippen LogP contribution is -2.32. The highest BCUT2D eigenvalue weighted by atomic mass is 15.5. The van der Waals surface area contributed by atoms with Crippen molar-refractivity contribution < 1.29 is 0 Å². The Morgan fingerprint density at radius 2 is 1.62 bits per heavy atom. The molecule has 1 unspecified atom stereocenters. The number of nitrogens with one attached hydrogen (secondary N) is 1. The van der Waals surface area contributed by atoms with Crippen molar-refractivity contribution in [2.75, 3.05) is 14.1 Å². The van der Waals surface area contributed by atoms with Crippen LogP contribution in [0.2, 0.25) is 0 Å². The highest BCUT2D eigenvalue weighted by Gasteiger charge is 2.05. The van der Waals surface area contributed by atoms with Crippen LogP contribution in [0.15, 0.2) is 24.3 Å². The van der Waals surface area contributed by atoms with Gasteiger partial charge in [0.25, 0.3) is 0 Å².